The van der Waals surface area contributed by atoms with Gasteiger partial charge in [0, 0.05) is 18.3 Å². The van der Waals surface area contributed by atoms with Gasteiger partial charge >= 0.3 is 5.97 Å². The number of carbonyl (C=O) groups is 1. The van der Waals surface area contributed by atoms with Gasteiger partial charge in [-0.15, -0.1) is 0 Å². The van der Waals surface area contributed by atoms with Gasteiger partial charge in [-0.2, -0.15) is 0 Å². The fourth-order valence-electron chi connectivity index (χ4n) is 8.87. The average molecular weight is 439 g/mol. The van der Waals surface area contributed by atoms with E-state index >= 15 is 0 Å². The average Bonchev–Trinajstić information content (AvgIpc) is 3.39. The summed E-state index contributed by atoms with van der Waals surface area (Å²) in [6, 6.07) is 9.50. The van der Waals surface area contributed by atoms with Crippen LogP contribution in [0.5, 0.6) is 0 Å². The molecule has 32 heavy (non-hydrogen) atoms. The van der Waals surface area contributed by atoms with Gasteiger partial charge in [-0.3, -0.25) is 0 Å². The highest BCUT2D eigenvalue weighted by molar-refractivity contribution is 5.89. The van der Waals surface area contributed by atoms with Crippen LogP contribution in [-0.2, 0) is 14.2 Å². The van der Waals surface area contributed by atoms with E-state index in [-0.39, 0.29) is 23.3 Å². The van der Waals surface area contributed by atoms with Crippen LogP contribution < -0.4 is 0 Å². The monoisotopic (exact) mass is 438 g/mol. The largest absolute Gasteiger partial charge is 0.458 e. The first-order valence-corrected chi connectivity index (χ1v) is 13.0. The number of benzene rings is 1. The lowest BCUT2D eigenvalue weighted by Gasteiger charge is -2.61. The van der Waals surface area contributed by atoms with Crippen molar-refractivity contribution in [3.05, 3.63) is 35.9 Å². The third-order valence-corrected chi connectivity index (χ3v) is 10.7. The van der Waals surface area contributed by atoms with E-state index in [1.54, 1.807) is 0 Å². The van der Waals surface area contributed by atoms with Crippen molar-refractivity contribution in [2.75, 3.05) is 13.2 Å². The summed E-state index contributed by atoms with van der Waals surface area (Å²) in [5, 5.41) is 0. The van der Waals surface area contributed by atoms with Gasteiger partial charge in [0.15, 0.2) is 5.79 Å². The van der Waals surface area contributed by atoms with Crippen molar-refractivity contribution in [1.82, 2.24) is 0 Å². The van der Waals surface area contributed by atoms with Gasteiger partial charge in [-0.05, 0) is 86.2 Å². The molecule has 1 spiro atoms. The molecule has 6 rings (SSSR count). The van der Waals surface area contributed by atoms with Crippen LogP contribution in [0.1, 0.15) is 82.0 Å². The predicted octanol–water partition coefficient (Wildman–Crippen LogP) is 6.00. The van der Waals surface area contributed by atoms with E-state index in [1.165, 1.54) is 38.5 Å². The van der Waals surface area contributed by atoms with Gasteiger partial charge in [-0.1, -0.05) is 32.0 Å². The number of fused-ring (bicyclic) bond motifs is 5. The summed E-state index contributed by atoms with van der Waals surface area (Å²) in [6.07, 6.45) is 10.7. The van der Waals surface area contributed by atoms with Crippen LogP contribution in [0.25, 0.3) is 0 Å². The summed E-state index contributed by atoms with van der Waals surface area (Å²) in [5.41, 5.74) is 1.21. The van der Waals surface area contributed by atoms with Crippen molar-refractivity contribution in [3.8, 4) is 0 Å². The van der Waals surface area contributed by atoms with Crippen molar-refractivity contribution < 1.29 is 19.0 Å². The molecule has 1 aromatic carbocycles. The van der Waals surface area contributed by atoms with Crippen molar-refractivity contribution in [1.29, 1.82) is 0 Å². The maximum atomic E-state index is 12.8. The molecule has 0 bridgehead atoms. The molecule has 1 heterocycles. The van der Waals surface area contributed by atoms with Crippen LogP contribution in [-0.4, -0.2) is 31.1 Å². The number of hydrogen-bond donors (Lipinski definition) is 0. The number of hydrogen-bond acceptors (Lipinski definition) is 4. The lowest BCUT2D eigenvalue weighted by atomic mass is 9.45. The Morgan fingerprint density at radius 1 is 0.875 bits per heavy atom. The molecular formula is C28H38O4. The Balaban J connectivity index is 1.19. The van der Waals surface area contributed by atoms with Gasteiger partial charge in [-0.25, -0.2) is 4.79 Å². The molecule has 7 unspecified atom stereocenters. The fourth-order valence-corrected chi connectivity index (χ4v) is 8.87. The van der Waals surface area contributed by atoms with Gasteiger partial charge in [0.1, 0.15) is 6.10 Å². The molecule has 1 aromatic rings. The minimum Gasteiger partial charge on any atom is -0.458 e. The summed E-state index contributed by atoms with van der Waals surface area (Å²) < 4.78 is 18.4. The molecule has 4 nitrogen and oxygen atoms in total. The number of carbonyl (C=O) groups excluding carboxylic acids is 1. The second-order valence-electron chi connectivity index (χ2n) is 11.9. The van der Waals surface area contributed by atoms with Crippen LogP contribution in [0.3, 0.4) is 0 Å². The lowest BCUT2D eigenvalue weighted by Crippen LogP contribution is -2.56. The molecule has 4 saturated carbocycles. The Bertz CT molecular complexity index is 861. The third kappa shape index (κ3) is 3.12. The van der Waals surface area contributed by atoms with E-state index in [9.17, 15) is 4.79 Å². The highest BCUT2D eigenvalue weighted by Gasteiger charge is 2.62. The lowest BCUT2D eigenvalue weighted by molar-refractivity contribution is -0.230. The number of ether oxygens (including phenoxy) is 3. The molecule has 0 aromatic heterocycles. The van der Waals surface area contributed by atoms with E-state index in [4.69, 9.17) is 14.2 Å². The molecule has 4 aliphatic carbocycles. The zero-order valence-corrected chi connectivity index (χ0v) is 19.7. The van der Waals surface area contributed by atoms with Crippen LogP contribution in [0.15, 0.2) is 30.3 Å². The summed E-state index contributed by atoms with van der Waals surface area (Å²) in [5.74, 6) is 2.54. The van der Waals surface area contributed by atoms with E-state index < -0.39 is 0 Å². The number of rotatable bonds is 2. The molecule has 0 amide bonds. The fraction of sp³-hybridized carbons (Fsp3) is 0.750. The highest BCUT2D eigenvalue weighted by Crippen LogP contribution is 2.67. The second kappa shape index (κ2) is 7.56. The molecule has 1 saturated heterocycles. The first-order chi connectivity index (χ1) is 15.4. The quantitative estimate of drug-likeness (QED) is 0.532. The van der Waals surface area contributed by atoms with Crippen molar-refractivity contribution in [2.24, 2.45) is 34.5 Å². The van der Waals surface area contributed by atoms with Crippen LogP contribution in [0.4, 0.5) is 0 Å². The Morgan fingerprint density at radius 3 is 2.41 bits per heavy atom. The van der Waals surface area contributed by atoms with E-state index in [0.717, 1.165) is 44.3 Å². The van der Waals surface area contributed by atoms with Crippen LogP contribution >= 0.6 is 0 Å². The maximum Gasteiger partial charge on any atom is 0.338 e. The summed E-state index contributed by atoms with van der Waals surface area (Å²) in [6.45, 7) is 6.53. The molecule has 174 valence electrons. The van der Waals surface area contributed by atoms with Gasteiger partial charge in [0.05, 0.1) is 18.8 Å². The Morgan fingerprint density at radius 2 is 1.62 bits per heavy atom. The van der Waals surface area contributed by atoms with Crippen LogP contribution in [0.2, 0.25) is 0 Å². The summed E-state index contributed by atoms with van der Waals surface area (Å²) in [4.78, 5) is 12.8. The van der Waals surface area contributed by atoms with E-state index in [2.05, 4.69) is 13.8 Å². The first kappa shape index (κ1) is 21.2. The Labute approximate surface area is 192 Å². The molecule has 0 N–H and O–H groups in total. The first-order valence-electron chi connectivity index (χ1n) is 13.0. The SMILES string of the molecule is CC12CCC3(CC1CCC1C2CCC2(C)C(OC(=O)c4ccccc4)CCC12)OCCO3. The maximum absolute atomic E-state index is 12.8. The second-order valence-corrected chi connectivity index (χ2v) is 11.9. The van der Waals surface area contributed by atoms with Gasteiger partial charge in [0.25, 0.3) is 0 Å². The summed E-state index contributed by atoms with van der Waals surface area (Å²) >= 11 is 0. The Hall–Kier alpha value is -1.39. The predicted molar refractivity (Wildman–Crippen MR) is 122 cm³/mol. The molecule has 7 atom stereocenters. The van der Waals surface area contributed by atoms with E-state index in [1.807, 2.05) is 30.3 Å². The zero-order valence-electron chi connectivity index (χ0n) is 19.7. The Kier molecular flexibility index (Phi) is 5.00. The minimum atomic E-state index is -0.274. The molecular weight excluding hydrogens is 400 g/mol. The minimum absolute atomic E-state index is 0.0570. The van der Waals surface area contributed by atoms with Crippen molar-refractivity contribution >= 4 is 5.97 Å². The molecule has 4 heteroatoms. The zero-order chi connectivity index (χ0) is 22.0. The topological polar surface area (TPSA) is 44.8 Å². The third-order valence-electron chi connectivity index (χ3n) is 10.7. The molecule has 0 radical (unpaired) electrons. The molecule has 5 aliphatic rings. The van der Waals surface area contributed by atoms with Gasteiger partial charge in [0.2, 0.25) is 0 Å². The van der Waals surface area contributed by atoms with E-state index in [0.29, 0.717) is 22.8 Å². The van der Waals surface area contributed by atoms with Gasteiger partial charge < -0.3 is 14.2 Å². The standard InChI is InChI=1S/C28H38O4/c1-26-14-15-28(30-16-17-31-28)18-20(26)8-9-21-22-10-11-24(27(22,2)13-12-23(21)26)32-25(29)19-6-4-3-5-7-19/h3-7,20-24H,8-18H2,1-2H3. The number of esters is 1. The van der Waals surface area contributed by atoms with Crippen molar-refractivity contribution in [3.63, 3.8) is 0 Å². The smallest absolute Gasteiger partial charge is 0.338 e. The van der Waals surface area contributed by atoms with Crippen molar-refractivity contribution in [2.45, 2.75) is 83.5 Å². The molecule has 5 fully saturated rings. The normalized spacial score (nSPS) is 44.5. The van der Waals surface area contributed by atoms with Crippen LogP contribution in [0, 0.1) is 34.5 Å². The highest BCUT2D eigenvalue weighted by atomic mass is 16.7. The molecule has 1 aliphatic heterocycles. The summed E-state index contributed by atoms with van der Waals surface area (Å²) in [7, 11) is 0.